The SMILES string of the molecule is COC(=O)c1cccc(C#Cc2cccc(Br)n2)c1. The largest absolute Gasteiger partial charge is 0.465 e. The molecule has 0 saturated heterocycles. The molecule has 0 saturated carbocycles. The van der Waals surface area contributed by atoms with Crippen LogP contribution in [0, 0.1) is 11.8 Å². The van der Waals surface area contributed by atoms with Crippen LogP contribution in [-0.4, -0.2) is 18.1 Å². The van der Waals surface area contributed by atoms with Crippen molar-refractivity contribution in [2.75, 3.05) is 7.11 Å². The van der Waals surface area contributed by atoms with Gasteiger partial charge < -0.3 is 4.74 Å². The quantitative estimate of drug-likeness (QED) is 0.461. The van der Waals surface area contributed by atoms with E-state index in [9.17, 15) is 4.79 Å². The number of rotatable bonds is 1. The summed E-state index contributed by atoms with van der Waals surface area (Å²) < 4.78 is 5.40. The van der Waals surface area contributed by atoms with Crippen molar-refractivity contribution in [3.8, 4) is 11.8 Å². The number of benzene rings is 1. The van der Waals surface area contributed by atoms with Crippen LogP contribution in [0.5, 0.6) is 0 Å². The molecule has 1 aromatic heterocycles. The summed E-state index contributed by atoms with van der Waals surface area (Å²) in [5.74, 6) is 5.54. The van der Waals surface area contributed by atoms with Gasteiger partial charge in [-0.2, -0.15) is 0 Å². The highest BCUT2D eigenvalue weighted by molar-refractivity contribution is 9.10. The van der Waals surface area contributed by atoms with Crippen molar-refractivity contribution >= 4 is 21.9 Å². The van der Waals surface area contributed by atoms with Gasteiger partial charge in [0.1, 0.15) is 10.3 Å². The lowest BCUT2D eigenvalue weighted by Crippen LogP contribution is -2.00. The van der Waals surface area contributed by atoms with Crippen LogP contribution < -0.4 is 0 Å². The van der Waals surface area contributed by atoms with Crippen LogP contribution in [0.3, 0.4) is 0 Å². The minimum absolute atomic E-state index is 0.371. The van der Waals surface area contributed by atoms with E-state index in [4.69, 9.17) is 0 Å². The number of pyridine rings is 1. The monoisotopic (exact) mass is 315 g/mol. The Morgan fingerprint density at radius 2 is 2.00 bits per heavy atom. The molecule has 2 aromatic rings. The number of carbonyl (C=O) groups excluding carboxylic acids is 1. The first-order chi connectivity index (χ1) is 9.19. The lowest BCUT2D eigenvalue weighted by atomic mass is 10.1. The molecule has 94 valence electrons. The number of ether oxygens (including phenoxy) is 1. The van der Waals surface area contributed by atoms with Gasteiger partial charge in [0.15, 0.2) is 0 Å². The highest BCUT2D eigenvalue weighted by Crippen LogP contribution is 2.07. The number of carbonyl (C=O) groups is 1. The zero-order valence-corrected chi connectivity index (χ0v) is 11.8. The highest BCUT2D eigenvalue weighted by Gasteiger charge is 2.04. The van der Waals surface area contributed by atoms with Crippen LogP contribution >= 0.6 is 15.9 Å². The summed E-state index contributed by atoms with van der Waals surface area (Å²) in [5, 5.41) is 0. The maximum atomic E-state index is 11.4. The summed E-state index contributed by atoms with van der Waals surface area (Å²) in [6.45, 7) is 0. The third-order valence-corrected chi connectivity index (χ3v) is 2.78. The lowest BCUT2D eigenvalue weighted by Gasteiger charge is -1.98. The van der Waals surface area contributed by atoms with Gasteiger partial charge in [-0.25, -0.2) is 9.78 Å². The second kappa shape index (κ2) is 6.17. The Balaban J connectivity index is 2.27. The predicted octanol–water partition coefficient (Wildman–Crippen LogP) is 3.03. The topological polar surface area (TPSA) is 39.2 Å². The van der Waals surface area contributed by atoms with Gasteiger partial charge in [0, 0.05) is 5.56 Å². The molecule has 0 aliphatic rings. The first-order valence-corrected chi connectivity index (χ1v) is 6.31. The van der Waals surface area contributed by atoms with Crippen molar-refractivity contribution < 1.29 is 9.53 Å². The van der Waals surface area contributed by atoms with Crippen LogP contribution in [0.2, 0.25) is 0 Å². The van der Waals surface area contributed by atoms with Gasteiger partial charge in [-0.3, -0.25) is 0 Å². The zero-order valence-electron chi connectivity index (χ0n) is 10.2. The van der Waals surface area contributed by atoms with Gasteiger partial charge in [-0.05, 0) is 52.2 Å². The Morgan fingerprint density at radius 3 is 2.74 bits per heavy atom. The van der Waals surface area contributed by atoms with E-state index in [1.807, 2.05) is 24.3 Å². The van der Waals surface area contributed by atoms with Crippen LogP contribution in [0.1, 0.15) is 21.6 Å². The summed E-state index contributed by atoms with van der Waals surface area (Å²) in [5.41, 5.74) is 1.89. The van der Waals surface area contributed by atoms with Crippen LogP contribution in [-0.2, 0) is 4.74 Å². The lowest BCUT2D eigenvalue weighted by molar-refractivity contribution is 0.0600. The highest BCUT2D eigenvalue weighted by atomic mass is 79.9. The van der Waals surface area contributed by atoms with Crippen molar-refractivity contribution in [2.24, 2.45) is 0 Å². The maximum Gasteiger partial charge on any atom is 0.337 e. The minimum atomic E-state index is -0.371. The molecular formula is C15H10BrNO2. The molecule has 3 nitrogen and oxygen atoms in total. The Hall–Kier alpha value is -2.12. The number of methoxy groups -OCH3 is 1. The molecule has 0 atom stereocenters. The average molecular weight is 316 g/mol. The molecule has 0 aliphatic carbocycles. The molecule has 4 heteroatoms. The summed E-state index contributed by atoms with van der Waals surface area (Å²) in [7, 11) is 1.35. The van der Waals surface area contributed by atoms with Crippen LogP contribution in [0.15, 0.2) is 47.1 Å². The Kier molecular flexibility index (Phi) is 4.32. The molecule has 1 aromatic carbocycles. The van der Waals surface area contributed by atoms with Gasteiger partial charge >= 0.3 is 5.97 Å². The van der Waals surface area contributed by atoms with Crippen LogP contribution in [0.25, 0.3) is 0 Å². The third kappa shape index (κ3) is 3.67. The van der Waals surface area contributed by atoms with E-state index in [1.54, 1.807) is 18.2 Å². The molecule has 0 fully saturated rings. The fourth-order valence-corrected chi connectivity index (χ4v) is 1.80. The molecule has 0 unspecified atom stereocenters. The average Bonchev–Trinajstić information content (AvgIpc) is 2.45. The predicted molar refractivity (Wildman–Crippen MR) is 75.7 cm³/mol. The number of hydrogen-bond donors (Lipinski definition) is 0. The van der Waals surface area contributed by atoms with Gasteiger partial charge in [0.05, 0.1) is 12.7 Å². The van der Waals surface area contributed by atoms with Gasteiger partial charge in [-0.15, -0.1) is 0 Å². The van der Waals surface area contributed by atoms with Gasteiger partial charge in [0.25, 0.3) is 0 Å². The minimum Gasteiger partial charge on any atom is -0.465 e. The van der Waals surface area contributed by atoms with E-state index in [2.05, 4.69) is 37.5 Å². The molecule has 0 aliphatic heterocycles. The summed E-state index contributed by atoms with van der Waals surface area (Å²) in [6, 6.07) is 12.5. The molecule has 0 radical (unpaired) electrons. The van der Waals surface area contributed by atoms with Crippen LogP contribution in [0.4, 0.5) is 0 Å². The Morgan fingerprint density at radius 1 is 1.21 bits per heavy atom. The smallest absolute Gasteiger partial charge is 0.337 e. The van der Waals surface area contributed by atoms with E-state index in [0.717, 1.165) is 10.2 Å². The van der Waals surface area contributed by atoms with E-state index >= 15 is 0 Å². The standard InChI is InChI=1S/C15H10BrNO2/c1-19-15(18)12-5-2-4-11(10-12)8-9-13-6-3-7-14(16)17-13/h2-7,10H,1H3. The zero-order chi connectivity index (χ0) is 13.7. The molecule has 0 amide bonds. The van der Waals surface area contributed by atoms with E-state index in [-0.39, 0.29) is 5.97 Å². The summed E-state index contributed by atoms with van der Waals surface area (Å²) in [4.78, 5) is 15.6. The fraction of sp³-hybridized carbons (Fsp3) is 0.0667. The number of aromatic nitrogens is 1. The molecule has 2 rings (SSSR count). The van der Waals surface area contributed by atoms with Crippen molar-refractivity contribution in [1.82, 2.24) is 4.98 Å². The molecule has 0 bridgehead atoms. The molecule has 19 heavy (non-hydrogen) atoms. The Labute approximate surface area is 119 Å². The van der Waals surface area contributed by atoms with E-state index < -0.39 is 0 Å². The first-order valence-electron chi connectivity index (χ1n) is 5.52. The Bertz CT molecular complexity index is 671. The van der Waals surface area contributed by atoms with Crippen molar-refractivity contribution in [2.45, 2.75) is 0 Å². The summed E-state index contributed by atoms with van der Waals surface area (Å²) >= 11 is 3.29. The van der Waals surface area contributed by atoms with Gasteiger partial charge in [0.2, 0.25) is 0 Å². The second-order valence-electron chi connectivity index (χ2n) is 3.67. The fourth-order valence-electron chi connectivity index (χ4n) is 1.46. The number of hydrogen-bond acceptors (Lipinski definition) is 3. The van der Waals surface area contributed by atoms with Gasteiger partial charge in [-0.1, -0.05) is 18.1 Å². The number of nitrogens with zero attached hydrogens (tertiary/aromatic N) is 1. The van der Waals surface area contributed by atoms with Crippen molar-refractivity contribution in [1.29, 1.82) is 0 Å². The van der Waals surface area contributed by atoms with Crippen molar-refractivity contribution in [3.05, 3.63) is 63.9 Å². The maximum absolute atomic E-state index is 11.4. The number of esters is 1. The summed E-state index contributed by atoms with van der Waals surface area (Å²) in [6.07, 6.45) is 0. The first kappa shape index (κ1) is 13.3. The normalized spacial score (nSPS) is 9.37. The molecule has 1 heterocycles. The molecule has 0 N–H and O–H groups in total. The van der Waals surface area contributed by atoms with E-state index in [0.29, 0.717) is 11.3 Å². The second-order valence-corrected chi connectivity index (χ2v) is 4.48. The van der Waals surface area contributed by atoms with E-state index in [1.165, 1.54) is 7.11 Å². The molecule has 0 spiro atoms. The third-order valence-electron chi connectivity index (χ3n) is 2.33. The molecular weight excluding hydrogens is 306 g/mol. The number of halogens is 1. The van der Waals surface area contributed by atoms with Crippen molar-refractivity contribution in [3.63, 3.8) is 0 Å².